The molecule has 0 aliphatic carbocycles. The zero-order valence-corrected chi connectivity index (χ0v) is 19.9. The number of methoxy groups -OCH3 is 1. The quantitative estimate of drug-likeness (QED) is 0.424. The van der Waals surface area contributed by atoms with Crippen LogP contribution in [0.2, 0.25) is 0 Å². The first kappa shape index (κ1) is 25.5. The summed E-state index contributed by atoms with van der Waals surface area (Å²) in [4.78, 5) is 39.5. The number of ether oxygens (including phenoxy) is 1. The molecule has 0 aromatic heterocycles. The summed E-state index contributed by atoms with van der Waals surface area (Å²) in [5, 5.41) is 5.68. The fraction of sp³-hybridized carbons (Fsp3) is 0.250. The lowest BCUT2D eigenvalue weighted by Gasteiger charge is -2.22. The molecule has 0 aliphatic rings. The molecule has 0 fully saturated rings. The number of nitrogens with one attached hydrogen (secondary N) is 2. The molecule has 0 heterocycles. The highest BCUT2D eigenvalue weighted by Crippen LogP contribution is 2.11. The van der Waals surface area contributed by atoms with Crippen molar-refractivity contribution in [2.45, 2.75) is 12.8 Å². The van der Waals surface area contributed by atoms with Gasteiger partial charge >= 0.3 is 0 Å². The van der Waals surface area contributed by atoms with E-state index in [9.17, 15) is 14.4 Å². The van der Waals surface area contributed by atoms with Crippen LogP contribution in [0.1, 0.15) is 21.5 Å². The number of hydrogen-bond donors (Lipinski definition) is 2. The Hall–Kier alpha value is -4.13. The Bertz CT molecular complexity index is 1090. The van der Waals surface area contributed by atoms with Crippen molar-refractivity contribution in [1.82, 2.24) is 15.5 Å². The standard InChI is InChI=1S/C28H31N3O4/c1-35-25-14-12-23(13-15-25)17-19-30-27(33)21-31(28(34)24-10-6-3-7-11-24)20-26(32)29-18-16-22-8-4-2-5-9-22/h2-15H,16-21H2,1H3,(H,29,32)(H,30,33). The summed E-state index contributed by atoms with van der Waals surface area (Å²) in [6.45, 7) is 0.461. The molecule has 0 saturated carbocycles. The zero-order chi connectivity index (χ0) is 24.9. The Kier molecular flexibility index (Phi) is 9.87. The zero-order valence-electron chi connectivity index (χ0n) is 19.9. The molecule has 182 valence electrons. The fourth-order valence-corrected chi connectivity index (χ4v) is 3.55. The Morgan fingerprint density at radius 3 is 1.69 bits per heavy atom. The lowest BCUT2D eigenvalue weighted by Crippen LogP contribution is -2.46. The van der Waals surface area contributed by atoms with Gasteiger partial charge in [-0.1, -0.05) is 60.7 Å². The highest BCUT2D eigenvalue weighted by Gasteiger charge is 2.21. The number of hydrogen-bond acceptors (Lipinski definition) is 4. The van der Waals surface area contributed by atoms with Crippen molar-refractivity contribution in [1.29, 1.82) is 0 Å². The molecular formula is C28H31N3O4. The first-order valence-corrected chi connectivity index (χ1v) is 11.6. The topological polar surface area (TPSA) is 87.7 Å². The Balaban J connectivity index is 1.53. The second-order valence-corrected chi connectivity index (χ2v) is 8.06. The monoisotopic (exact) mass is 473 g/mol. The first-order valence-electron chi connectivity index (χ1n) is 11.6. The maximum atomic E-state index is 13.0. The van der Waals surface area contributed by atoms with Gasteiger partial charge in [-0.2, -0.15) is 0 Å². The van der Waals surface area contributed by atoms with Crippen LogP contribution in [0.5, 0.6) is 5.75 Å². The highest BCUT2D eigenvalue weighted by molar-refractivity contribution is 5.98. The molecule has 0 saturated heterocycles. The van der Waals surface area contributed by atoms with Crippen LogP contribution >= 0.6 is 0 Å². The van der Waals surface area contributed by atoms with Crippen LogP contribution in [0.25, 0.3) is 0 Å². The van der Waals surface area contributed by atoms with E-state index in [4.69, 9.17) is 4.74 Å². The minimum atomic E-state index is -0.367. The summed E-state index contributed by atoms with van der Waals surface area (Å²) in [6, 6.07) is 26.1. The number of benzene rings is 3. The third kappa shape index (κ3) is 8.62. The van der Waals surface area contributed by atoms with Crippen LogP contribution in [0.4, 0.5) is 0 Å². The van der Waals surface area contributed by atoms with E-state index in [-0.39, 0.29) is 30.8 Å². The maximum absolute atomic E-state index is 13.0. The van der Waals surface area contributed by atoms with Gasteiger partial charge in [-0.05, 0) is 48.2 Å². The molecule has 0 unspecified atom stereocenters. The summed E-state index contributed by atoms with van der Waals surface area (Å²) >= 11 is 0. The van der Waals surface area contributed by atoms with Crippen molar-refractivity contribution in [2.24, 2.45) is 0 Å². The molecule has 0 bridgehead atoms. The average molecular weight is 474 g/mol. The first-order chi connectivity index (χ1) is 17.0. The van der Waals surface area contributed by atoms with Gasteiger partial charge in [0.15, 0.2) is 0 Å². The summed E-state index contributed by atoms with van der Waals surface area (Å²) in [5.41, 5.74) is 2.60. The van der Waals surface area contributed by atoms with Crippen LogP contribution in [-0.2, 0) is 22.4 Å². The summed E-state index contributed by atoms with van der Waals surface area (Å²) in [5.74, 6) is -0.222. The van der Waals surface area contributed by atoms with Gasteiger partial charge in [0.2, 0.25) is 11.8 Å². The van der Waals surface area contributed by atoms with Crippen molar-refractivity contribution in [2.75, 3.05) is 33.3 Å². The van der Waals surface area contributed by atoms with E-state index in [1.165, 1.54) is 4.90 Å². The highest BCUT2D eigenvalue weighted by atomic mass is 16.5. The average Bonchev–Trinajstić information content (AvgIpc) is 2.89. The van der Waals surface area contributed by atoms with E-state index in [0.29, 0.717) is 31.5 Å². The summed E-state index contributed by atoms with van der Waals surface area (Å²) in [7, 11) is 1.61. The summed E-state index contributed by atoms with van der Waals surface area (Å²) < 4.78 is 5.15. The summed E-state index contributed by atoms with van der Waals surface area (Å²) in [6.07, 6.45) is 1.33. The molecule has 7 heteroatoms. The molecule has 3 aromatic carbocycles. The molecule has 3 rings (SSSR count). The van der Waals surface area contributed by atoms with Gasteiger partial charge in [-0.25, -0.2) is 0 Å². The van der Waals surface area contributed by atoms with Crippen molar-refractivity contribution >= 4 is 17.7 Å². The van der Waals surface area contributed by atoms with E-state index < -0.39 is 0 Å². The SMILES string of the molecule is COc1ccc(CCNC(=O)CN(CC(=O)NCCc2ccccc2)C(=O)c2ccccc2)cc1. The largest absolute Gasteiger partial charge is 0.497 e. The molecule has 0 aliphatic heterocycles. The second-order valence-electron chi connectivity index (χ2n) is 8.06. The molecule has 0 radical (unpaired) electrons. The van der Waals surface area contributed by atoms with Crippen LogP contribution in [0.3, 0.4) is 0 Å². The third-order valence-corrected chi connectivity index (χ3v) is 5.45. The molecule has 0 spiro atoms. The molecule has 0 atom stereocenters. The van der Waals surface area contributed by atoms with Gasteiger partial charge in [0.1, 0.15) is 18.8 Å². The van der Waals surface area contributed by atoms with Gasteiger partial charge in [-0.15, -0.1) is 0 Å². The van der Waals surface area contributed by atoms with Gasteiger partial charge < -0.3 is 20.3 Å². The number of carbonyl (C=O) groups is 3. The Morgan fingerprint density at radius 1 is 0.686 bits per heavy atom. The molecular weight excluding hydrogens is 442 g/mol. The predicted octanol–water partition coefficient (Wildman–Crippen LogP) is 2.86. The Morgan fingerprint density at radius 2 is 1.17 bits per heavy atom. The number of nitrogens with zero attached hydrogens (tertiary/aromatic N) is 1. The predicted molar refractivity (Wildman–Crippen MR) is 135 cm³/mol. The van der Waals surface area contributed by atoms with Gasteiger partial charge in [0, 0.05) is 18.7 Å². The van der Waals surface area contributed by atoms with Crippen LogP contribution in [0.15, 0.2) is 84.9 Å². The van der Waals surface area contributed by atoms with Crippen LogP contribution in [0, 0.1) is 0 Å². The van der Waals surface area contributed by atoms with E-state index in [1.54, 1.807) is 31.4 Å². The van der Waals surface area contributed by atoms with Crippen LogP contribution in [-0.4, -0.2) is 55.9 Å². The minimum absolute atomic E-state index is 0.200. The third-order valence-electron chi connectivity index (χ3n) is 5.45. The minimum Gasteiger partial charge on any atom is -0.497 e. The van der Waals surface area contributed by atoms with E-state index in [0.717, 1.165) is 16.9 Å². The molecule has 3 amide bonds. The van der Waals surface area contributed by atoms with Crippen molar-refractivity contribution in [3.05, 3.63) is 102 Å². The smallest absolute Gasteiger partial charge is 0.254 e. The fourth-order valence-electron chi connectivity index (χ4n) is 3.55. The molecule has 3 aromatic rings. The van der Waals surface area contributed by atoms with E-state index >= 15 is 0 Å². The Labute approximate surface area is 206 Å². The van der Waals surface area contributed by atoms with E-state index in [1.807, 2.05) is 60.7 Å². The molecule has 2 N–H and O–H groups in total. The molecule has 7 nitrogen and oxygen atoms in total. The normalized spacial score (nSPS) is 10.3. The van der Waals surface area contributed by atoms with Gasteiger partial charge in [0.05, 0.1) is 7.11 Å². The van der Waals surface area contributed by atoms with Gasteiger partial charge in [0.25, 0.3) is 5.91 Å². The lowest BCUT2D eigenvalue weighted by atomic mass is 10.1. The number of rotatable bonds is 12. The molecule has 35 heavy (non-hydrogen) atoms. The number of carbonyl (C=O) groups excluding carboxylic acids is 3. The van der Waals surface area contributed by atoms with Gasteiger partial charge in [-0.3, -0.25) is 14.4 Å². The van der Waals surface area contributed by atoms with E-state index in [2.05, 4.69) is 10.6 Å². The van der Waals surface area contributed by atoms with Crippen molar-refractivity contribution in [3.63, 3.8) is 0 Å². The lowest BCUT2D eigenvalue weighted by molar-refractivity contribution is -0.124. The van der Waals surface area contributed by atoms with Crippen LogP contribution < -0.4 is 15.4 Å². The van der Waals surface area contributed by atoms with Crippen molar-refractivity contribution < 1.29 is 19.1 Å². The number of amides is 3. The maximum Gasteiger partial charge on any atom is 0.254 e. The van der Waals surface area contributed by atoms with Crippen molar-refractivity contribution in [3.8, 4) is 5.75 Å². The second kappa shape index (κ2) is 13.5.